The minimum Gasteiger partial charge on any atom is -0.324 e. The Kier molecular flexibility index (Phi) is 5.67. The lowest BCUT2D eigenvalue weighted by Gasteiger charge is -2.26. The van der Waals surface area contributed by atoms with Gasteiger partial charge in [-0.1, -0.05) is 12.5 Å². The fraction of sp³-hybridized carbons (Fsp3) is 0.474. The number of anilines is 1. The van der Waals surface area contributed by atoms with Crippen molar-refractivity contribution < 1.29 is 13.2 Å². The van der Waals surface area contributed by atoms with Crippen molar-refractivity contribution in [3.63, 3.8) is 0 Å². The fourth-order valence-corrected chi connectivity index (χ4v) is 4.95. The molecule has 1 amide bonds. The van der Waals surface area contributed by atoms with Gasteiger partial charge in [-0.3, -0.25) is 9.48 Å². The molecule has 0 saturated carbocycles. The Morgan fingerprint density at radius 1 is 1.15 bits per heavy atom. The molecule has 0 aliphatic carbocycles. The van der Waals surface area contributed by atoms with Gasteiger partial charge in [0.1, 0.15) is 6.04 Å². The molecule has 1 fully saturated rings. The van der Waals surface area contributed by atoms with Crippen LogP contribution in [0.5, 0.6) is 0 Å². The number of hydrogen-bond acceptors (Lipinski definition) is 4. The SMILES string of the molecule is Cc1cc(C)n(C(C)C(=O)Nc2cccc(S(=O)(=O)N3CCCCC3)c2)n1. The maximum atomic E-state index is 12.8. The number of rotatable bonds is 5. The van der Waals surface area contributed by atoms with Crippen molar-refractivity contribution in [2.75, 3.05) is 18.4 Å². The van der Waals surface area contributed by atoms with Crippen LogP contribution in [0.15, 0.2) is 35.2 Å². The quantitative estimate of drug-likeness (QED) is 0.851. The van der Waals surface area contributed by atoms with E-state index in [4.69, 9.17) is 0 Å². The molecular formula is C19H26N4O3S. The number of aryl methyl sites for hydroxylation is 2. The summed E-state index contributed by atoms with van der Waals surface area (Å²) in [6.07, 6.45) is 2.83. The molecule has 0 bridgehead atoms. The molecule has 146 valence electrons. The van der Waals surface area contributed by atoms with E-state index in [2.05, 4.69) is 10.4 Å². The highest BCUT2D eigenvalue weighted by Gasteiger charge is 2.26. The van der Waals surface area contributed by atoms with Gasteiger partial charge in [-0.05, 0) is 57.9 Å². The van der Waals surface area contributed by atoms with E-state index in [0.717, 1.165) is 30.7 Å². The van der Waals surface area contributed by atoms with Crippen molar-refractivity contribution in [2.24, 2.45) is 0 Å². The van der Waals surface area contributed by atoms with E-state index in [1.165, 1.54) is 10.4 Å². The van der Waals surface area contributed by atoms with Crippen molar-refractivity contribution in [3.05, 3.63) is 41.7 Å². The Morgan fingerprint density at radius 2 is 1.85 bits per heavy atom. The lowest BCUT2D eigenvalue weighted by Crippen LogP contribution is -2.35. The fourth-order valence-electron chi connectivity index (χ4n) is 3.38. The summed E-state index contributed by atoms with van der Waals surface area (Å²) in [7, 11) is -3.53. The van der Waals surface area contributed by atoms with Gasteiger partial charge in [0.15, 0.2) is 0 Å². The molecule has 1 atom stereocenters. The summed E-state index contributed by atoms with van der Waals surface area (Å²) >= 11 is 0. The first-order valence-corrected chi connectivity index (χ1v) is 10.7. The summed E-state index contributed by atoms with van der Waals surface area (Å²) in [6.45, 7) is 6.64. The number of carbonyl (C=O) groups is 1. The highest BCUT2D eigenvalue weighted by atomic mass is 32.2. The zero-order chi connectivity index (χ0) is 19.6. The van der Waals surface area contributed by atoms with Crippen LogP contribution < -0.4 is 5.32 Å². The molecule has 1 aliphatic heterocycles. The third kappa shape index (κ3) is 4.22. The topological polar surface area (TPSA) is 84.3 Å². The van der Waals surface area contributed by atoms with Crippen molar-refractivity contribution in [3.8, 4) is 0 Å². The monoisotopic (exact) mass is 390 g/mol. The zero-order valence-electron chi connectivity index (χ0n) is 16.0. The van der Waals surface area contributed by atoms with E-state index in [9.17, 15) is 13.2 Å². The maximum Gasteiger partial charge on any atom is 0.248 e. The Balaban J connectivity index is 1.77. The second kappa shape index (κ2) is 7.82. The molecule has 1 aliphatic rings. The number of amides is 1. The Hall–Kier alpha value is -2.19. The Labute approximate surface area is 160 Å². The molecule has 0 spiro atoms. The molecule has 1 saturated heterocycles. The van der Waals surface area contributed by atoms with E-state index in [1.807, 2.05) is 19.9 Å². The number of benzene rings is 1. The van der Waals surface area contributed by atoms with Crippen LogP contribution in [-0.4, -0.2) is 41.5 Å². The van der Waals surface area contributed by atoms with Gasteiger partial charge in [0, 0.05) is 24.5 Å². The first-order chi connectivity index (χ1) is 12.8. The molecule has 2 heterocycles. The number of hydrogen-bond donors (Lipinski definition) is 1. The number of nitrogens with zero attached hydrogens (tertiary/aromatic N) is 3. The van der Waals surface area contributed by atoms with Gasteiger partial charge in [0.2, 0.25) is 15.9 Å². The molecule has 1 aromatic heterocycles. The van der Waals surface area contributed by atoms with Gasteiger partial charge < -0.3 is 5.32 Å². The predicted octanol–water partition coefficient (Wildman–Crippen LogP) is 2.87. The van der Waals surface area contributed by atoms with Crippen LogP contribution in [0.4, 0.5) is 5.69 Å². The normalized spacial score (nSPS) is 16.9. The van der Waals surface area contributed by atoms with Crippen molar-refractivity contribution >= 4 is 21.6 Å². The molecule has 3 rings (SSSR count). The van der Waals surface area contributed by atoms with Gasteiger partial charge in [-0.2, -0.15) is 9.40 Å². The molecule has 8 heteroatoms. The summed E-state index contributed by atoms with van der Waals surface area (Å²) in [5.41, 5.74) is 2.21. The summed E-state index contributed by atoms with van der Waals surface area (Å²) in [4.78, 5) is 12.8. The first-order valence-electron chi connectivity index (χ1n) is 9.23. The highest BCUT2D eigenvalue weighted by Crippen LogP contribution is 2.23. The minimum absolute atomic E-state index is 0.209. The van der Waals surface area contributed by atoms with Crippen LogP contribution in [0, 0.1) is 13.8 Å². The summed E-state index contributed by atoms with van der Waals surface area (Å²) < 4.78 is 28.8. The lowest BCUT2D eigenvalue weighted by atomic mass is 10.2. The summed E-state index contributed by atoms with van der Waals surface area (Å²) in [6, 6.07) is 7.86. The molecule has 0 radical (unpaired) electrons. The third-order valence-corrected chi connectivity index (χ3v) is 6.74. The lowest BCUT2D eigenvalue weighted by molar-refractivity contribution is -0.119. The van der Waals surface area contributed by atoms with Crippen LogP contribution in [0.25, 0.3) is 0 Å². The number of sulfonamides is 1. The predicted molar refractivity (Wildman–Crippen MR) is 104 cm³/mol. The Bertz CT molecular complexity index is 930. The molecule has 2 aromatic rings. The molecule has 1 N–H and O–H groups in total. The van der Waals surface area contributed by atoms with Gasteiger partial charge in [0.25, 0.3) is 0 Å². The Morgan fingerprint density at radius 3 is 2.48 bits per heavy atom. The van der Waals surface area contributed by atoms with E-state index in [-0.39, 0.29) is 10.8 Å². The van der Waals surface area contributed by atoms with Crippen LogP contribution in [0.2, 0.25) is 0 Å². The molecule has 1 unspecified atom stereocenters. The van der Waals surface area contributed by atoms with E-state index in [0.29, 0.717) is 18.8 Å². The summed E-state index contributed by atoms with van der Waals surface area (Å²) in [5.74, 6) is -0.242. The van der Waals surface area contributed by atoms with Gasteiger partial charge >= 0.3 is 0 Å². The molecule has 27 heavy (non-hydrogen) atoms. The summed E-state index contributed by atoms with van der Waals surface area (Å²) in [5, 5.41) is 7.15. The highest BCUT2D eigenvalue weighted by molar-refractivity contribution is 7.89. The largest absolute Gasteiger partial charge is 0.324 e. The molecular weight excluding hydrogens is 364 g/mol. The zero-order valence-corrected chi connectivity index (χ0v) is 16.8. The van der Waals surface area contributed by atoms with Crippen LogP contribution in [0.1, 0.15) is 43.6 Å². The van der Waals surface area contributed by atoms with Crippen LogP contribution >= 0.6 is 0 Å². The van der Waals surface area contributed by atoms with E-state index < -0.39 is 16.1 Å². The smallest absolute Gasteiger partial charge is 0.248 e. The van der Waals surface area contributed by atoms with Gasteiger partial charge in [-0.15, -0.1) is 0 Å². The van der Waals surface area contributed by atoms with E-state index >= 15 is 0 Å². The minimum atomic E-state index is -3.53. The van der Waals surface area contributed by atoms with Gasteiger partial charge in [0.05, 0.1) is 10.6 Å². The average molecular weight is 391 g/mol. The molecule has 1 aromatic carbocycles. The first kappa shape index (κ1) is 19.6. The van der Waals surface area contributed by atoms with Crippen LogP contribution in [0.3, 0.4) is 0 Å². The van der Waals surface area contributed by atoms with Gasteiger partial charge in [-0.25, -0.2) is 8.42 Å². The van der Waals surface area contributed by atoms with E-state index in [1.54, 1.807) is 29.8 Å². The number of nitrogens with one attached hydrogen (secondary N) is 1. The third-order valence-electron chi connectivity index (χ3n) is 4.85. The number of carbonyl (C=O) groups excluding carboxylic acids is 1. The number of aromatic nitrogens is 2. The second-order valence-electron chi connectivity index (χ2n) is 7.03. The average Bonchev–Trinajstić information content (AvgIpc) is 3.00. The van der Waals surface area contributed by atoms with Crippen molar-refractivity contribution in [2.45, 2.75) is 51.0 Å². The second-order valence-corrected chi connectivity index (χ2v) is 8.97. The van der Waals surface area contributed by atoms with Crippen LogP contribution in [-0.2, 0) is 14.8 Å². The van der Waals surface area contributed by atoms with Crippen molar-refractivity contribution in [1.82, 2.24) is 14.1 Å². The number of piperidine rings is 1. The molecule has 7 nitrogen and oxygen atoms in total. The van der Waals surface area contributed by atoms with Crippen molar-refractivity contribution in [1.29, 1.82) is 0 Å². The maximum absolute atomic E-state index is 12.8. The standard InChI is InChI=1S/C19H26N4O3S/c1-14-12-15(2)23(21-14)16(3)19(24)20-17-8-7-9-18(13-17)27(25,26)22-10-5-4-6-11-22/h7-9,12-13,16H,4-6,10-11H2,1-3H3,(H,20,24).